The lowest BCUT2D eigenvalue weighted by molar-refractivity contribution is -0.0400. The molecule has 0 saturated carbocycles. The molecule has 0 radical (unpaired) electrons. The van der Waals surface area contributed by atoms with Gasteiger partial charge < -0.3 is 9.47 Å². The molecule has 0 saturated heterocycles. The predicted molar refractivity (Wildman–Crippen MR) is 75.6 cm³/mol. The molecule has 102 valence electrons. The Morgan fingerprint density at radius 3 is 2.33 bits per heavy atom. The van der Waals surface area contributed by atoms with Gasteiger partial charge in [-0.25, -0.2) is 0 Å². The molecule has 18 heavy (non-hydrogen) atoms. The lowest BCUT2D eigenvalue weighted by Crippen LogP contribution is -2.25. The van der Waals surface area contributed by atoms with Crippen LogP contribution in [-0.2, 0) is 16.1 Å². The summed E-state index contributed by atoms with van der Waals surface area (Å²) in [5, 5.41) is 0. The van der Waals surface area contributed by atoms with Crippen molar-refractivity contribution in [2.24, 2.45) is 5.41 Å². The highest BCUT2D eigenvalue weighted by Gasteiger charge is 2.19. The van der Waals surface area contributed by atoms with Crippen molar-refractivity contribution in [3.8, 4) is 0 Å². The Labute approximate surface area is 111 Å². The summed E-state index contributed by atoms with van der Waals surface area (Å²) in [5.41, 5.74) is 1.48. The quantitative estimate of drug-likeness (QED) is 0.727. The van der Waals surface area contributed by atoms with Gasteiger partial charge in [0.25, 0.3) is 0 Å². The van der Waals surface area contributed by atoms with E-state index in [9.17, 15) is 0 Å². The summed E-state index contributed by atoms with van der Waals surface area (Å²) >= 11 is 0. The zero-order valence-electron chi connectivity index (χ0n) is 12.1. The second-order valence-corrected chi connectivity index (χ2v) is 5.84. The second kappa shape index (κ2) is 7.55. The highest BCUT2D eigenvalue weighted by Crippen LogP contribution is 2.23. The van der Waals surface area contributed by atoms with Crippen LogP contribution in [0.4, 0.5) is 0 Å². The first-order valence-electron chi connectivity index (χ1n) is 6.74. The highest BCUT2D eigenvalue weighted by atomic mass is 16.5. The third kappa shape index (κ3) is 6.77. The Balaban J connectivity index is 2.45. The minimum Gasteiger partial charge on any atom is -0.379 e. The van der Waals surface area contributed by atoms with Crippen LogP contribution in [-0.4, -0.2) is 19.3 Å². The molecule has 1 unspecified atom stereocenters. The van der Waals surface area contributed by atoms with Crippen molar-refractivity contribution in [1.82, 2.24) is 0 Å². The maximum absolute atomic E-state index is 5.98. The molecule has 1 rings (SSSR count). The number of hydrogen-bond donors (Lipinski definition) is 0. The van der Waals surface area contributed by atoms with Crippen molar-refractivity contribution in [2.45, 2.75) is 46.8 Å². The van der Waals surface area contributed by atoms with E-state index < -0.39 is 0 Å². The fourth-order valence-corrected chi connectivity index (χ4v) is 1.89. The first kappa shape index (κ1) is 15.2. The topological polar surface area (TPSA) is 18.5 Å². The SMILES string of the molecule is CCOCC(CC(C)(C)C)OCc1ccccc1. The van der Waals surface area contributed by atoms with Crippen molar-refractivity contribution >= 4 is 0 Å². The summed E-state index contributed by atoms with van der Waals surface area (Å²) in [4.78, 5) is 0. The van der Waals surface area contributed by atoms with Gasteiger partial charge in [0.2, 0.25) is 0 Å². The maximum atomic E-state index is 5.98. The Kier molecular flexibility index (Phi) is 6.37. The molecular weight excluding hydrogens is 224 g/mol. The van der Waals surface area contributed by atoms with E-state index in [0.717, 1.165) is 13.0 Å². The van der Waals surface area contributed by atoms with Gasteiger partial charge in [-0.05, 0) is 24.3 Å². The van der Waals surface area contributed by atoms with Gasteiger partial charge in [0.15, 0.2) is 0 Å². The molecule has 2 heteroatoms. The molecule has 0 fully saturated rings. The molecule has 0 heterocycles. The number of rotatable bonds is 7. The van der Waals surface area contributed by atoms with E-state index in [1.165, 1.54) is 5.56 Å². The maximum Gasteiger partial charge on any atom is 0.0818 e. The van der Waals surface area contributed by atoms with E-state index in [1.807, 2.05) is 25.1 Å². The van der Waals surface area contributed by atoms with E-state index in [0.29, 0.717) is 13.2 Å². The van der Waals surface area contributed by atoms with Crippen molar-refractivity contribution in [3.05, 3.63) is 35.9 Å². The average Bonchev–Trinajstić information content (AvgIpc) is 2.32. The van der Waals surface area contributed by atoms with Gasteiger partial charge in [-0.3, -0.25) is 0 Å². The van der Waals surface area contributed by atoms with Crippen LogP contribution in [0.25, 0.3) is 0 Å². The van der Waals surface area contributed by atoms with Crippen molar-refractivity contribution in [1.29, 1.82) is 0 Å². The summed E-state index contributed by atoms with van der Waals surface area (Å²) in [6, 6.07) is 10.3. The summed E-state index contributed by atoms with van der Waals surface area (Å²) < 4.78 is 11.5. The zero-order chi connectivity index (χ0) is 13.4. The second-order valence-electron chi connectivity index (χ2n) is 5.84. The van der Waals surface area contributed by atoms with E-state index >= 15 is 0 Å². The number of hydrogen-bond acceptors (Lipinski definition) is 2. The molecule has 0 aliphatic rings. The summed E-state index contributed by atoms with van der Waals surface area (Å²) in [5.74, 6) is 0. The van der Waals surface area contributed by atoms with Crippen LogP contribution in [0.15, 0.2) is 30.3 Å². The lowest BCUT2D eigenvalue weighted by atomic mass is 9.89. The van der Waals surface area contributed by atoms with Crippen LogP contribution < -0.4 is 0 Å². The Hall–Kier alpha value is -0.860. The van der Waals surface area contributed by atoms with Crippen LogP contribution in [0.1, 0.15) is 39.7 Å². The zero-order valence-corrected chi connectivity index (χ0v) is 12.1. The molecule has 1 atom stereocenters. The molecule has 0 bridgehead atoms. The fourth-order valence-electron chi connectivity index (χ4n) is 1.89. The Bertz CT molecular complexity index is 314. The molecule has 0 N–H and O–H groups in total. The van der Waals surface area contributed by atoms with Crippen LogP contribution in [0.2, 0.25) is 0 Å². The van der Waals surface area contributed by atoms with E-state index in [-0.39, 0.29) is 11.5 Å². The predicted octanol–water partition coefficient (Wildman–Crippen LogP) is 4.04. The standard InChI is InChI=1S/C16H26O2/c1-5-17-13-15(11-16(2,3)4)18-12-14-9-7-6-8-10-14/h6-10,15H,5,11-13H2,1-4H3. The van der Waals surface area contributed by atoms with Gasteiger partial charge >= 0.3 is 0 Å². The van der Waals surface area contributed by atoms with Gasteiger partial charge in [-0.2, -0.15) is 0 Å². The van der Waals surface area contributed by atoms with Crippen molar-refractivity contribution in [3.63, 3.8) is 0 Å². The number of benzene rings is 1. The van der Waals surface area contributed by atoms with Gasteiger partial charge in [-0.15, -0.1) is 0 Å². The monoisotopic (exact) mass is 250 g/mol. The fraction of sp³-hybridized carbons (Fsp3) is 0.625. The molecule has 0 amide bonds. The minimum absolute atomic E-state index is 0.171. The lowest BCUT2D eigenvalue weighted by Gasteiger charge is -2.26. The molecular formula is C16H26O2. The normalized spacial score (nSPS) is 13.6. The van der Waals surface area contributed by atoms with Gasteiger partial charge in [-0.1, -0.05) is 51.1 Å². The van der Waals surface area contributed by atoms with Crippen molar-refractivity contribution in [2.75, 3.05) is 13.2 Å². The van der Waals surface area contributed by atoms with E-state index in [2.05, 4.69) is 32.9 Å². The van der Waals surface area contributed by atoms with Gasteiger partial charge in [0, 0.05) is 6.61 Å². The van der Waals surface area contributed by atoms with Crippen LogP contribution in [0, 0.1) is 5.41 Å². The average molecular weight is 250 g/mol. The summed E-state index contributed by atoms with van der Waals surface area (Å²) in [7, 11) is 0. The molecule has 0 spiro atoms. The van der Waals surface area contributed by atoms with Crippen molar-refractivity contribution < 1.29 is 9.47 Å². The van der Waals surface area contributed by atoms with Gasteiger partial charge in [0.05, 0.1) is 19.3 Å². The van der Waals surface area contributed by atoms with Crippen LogP contribution in [0.3, 0.4) is 0 Å². The molecule has 0 aliphatic carbocycles. The van der Waals surface area contributed by atoms with E-state index in [1.54, 1.807) is 0 Å². The van der Waals surface area contributed by atoms with Crippen LogP contribution in [0.5, 0.6) is 0 Å². The smallest absolute Gasteiger partial charge is 0.0818 e. The molecule has 2 nitrogen and oxygen atoms in total. The molecule has 0 aromatic heterocycles. The number of ether oxygens (including phenoxy) is 2. The molecule has 0 aliphatic heterocycles. The Morgan fingerprint density at radius 2 is 1.78 bits per heavy atom. The third-order valence-corrected chi connectivity index (χ3v) is 2.68. The van der Waals surface area contributed by atoms with E-state index in [4.69, 9.17) is 9.47 Å². The third-order valence-electron chi connectivity index (χ3n) is 2.68. The first-order chi connectivity index (χ1) is 8.51. The molecule has 1 aromatic rings. The molecule has 1 aromatic carbocycles. The first-order valence-corrected chi connectivity index (χ1v) is 6.74. The largest absolute Gasteiger partial charge is 0.379 e. The summed E-state index contributed by atoms with van der Waals surface area (Å²) in [6.07, 6.45) is 1.19. The summed E-state index contributed by atoms with van der Waals surface area (Å²) in [6.45, 7) is 10.8. The van der Waals surface area contributed by atoms with Gasteiger partial charge in [0.1, 0.15) is 0 Å². The van der Waals surface area contributed by atoms with Crippen LogP contribution >= 0.6 is 0 Å². The Morgan fingerprint density at radius 1 is 1.11 bits per heavy atom. The highest BCUT2D eigenvalue weighted by molar-refractivity contribution is 5.13. The minimum atomic E-state index is 0.171.